The number of nitrogen functional groups attached to an aromatic ring is 1. The number of benzene rings is 1. The highest BCUT2D eigenvalue weighted by atomic mass is 35.5. The quantitative estimate of drug-likeness (QED) is 0.716. The molecular weight excluding hydrogens is 271 g/mol. The highest BCUT2D eigenvalue weighted by Gasteiger charge is 2.11. The van der Waals surface area contributed by atoms with Crippen molar-refractivity contribution in [3.05, 3.63) is 40.6 Å². The zero-order valence-corrected chi connectivity index (χ0v) is 10.6. The number of rotatable bonds is 1. The first-order valence-corrected chi connectivity index (χ1v) is 5.96. The second-order valence-corrected chi connectivity index (χ2v) is 4.57. The van der Waals surface area contributed by atoms with E-state index < -0.39 is 0 Å². The Labute approximate surface area is 113 Å². The number of nitrogens with two attached hydrogens (primary N) is 1. The fourth-order valence-corrected chi connectivity index (χ4v) is 2.25. The van der Waals surface area contributed by atoms with Gasteiger partial charge in [-0.05, 0) is 12.1 Å². The number of hydrogen-bond donors (Lipinski definition) is 2. The number of halogens is 2. The molecule has 0 aliphatic carbocycles. The van der Waals surface area contributed by atoms with E-state index in [9.17, 15) is 0 Å². The molecule has 0 amide bonds. The van der Waals surface area contributed by atoms with Gasteiger partial charge in [0.05, 0.1) is 21.3 Å². The Hall–Kier alpha value is -1.78. The number of nitrogens with one attached hydrogen (secondary N) is 1. The molecule has 1 aromatic carbocycles. The standard InChI is InChI=1S/C12H8Cl2N4/c13-8-2-1-6-7(5-17-11(6)10(8)14)9-3-4-16-12(15)18-9/h1-5,17H,(H2,15,16,18). The molecule has 2 aromatic heterocycles. The molecule has 0 saturated carbocycles. The van der Waals surface area contributed by atoms with E-state index in [0.29, 0.717) is 10.0 Å². The molecule has 3 rings (SSSR count). The van der Waals surface area contributed by atoms with Crippen molar-refractivity contribution in [1.82, 2.24) is 15.0 Å². The molecule has 6 heteroatoms. The summed E-state index contributed by atoms with van der Waals surface area (Å²) < 4.78 is 0. The first kappa shape index (κ1) is 11.3. The van der Waals surface area contributed by atoms with Crippen molar-refractivity contribution in [3.8, 4) is 11.3 Å². The summed E-state index contributed by atoms with van der Waals surface area (Å²) in [5, 5.41) is 1.96. The smallest absolute Gasteiger partial charge is 0.220 e. The summed E-state index contributed by atoms with van der Waals surface area (Å²) in [6, 6.07) is 5.45. The Morgan fingerprint density at radius 1 is 1.17 bits per heavy atom. The Balaban J connectivity index is 2.28. The second kappa shape index (κ2) is 4.15. The number of aromatic nitrogens is 3. The topological polar surface area (TPSA) is 67.6 Å². The Bertz CT molecular complexity index is 736. The zero-order chi connectivity index (χ0) is 12.7. The Kier molecular flexibility index (Phi) is 2.61. The molecule has 4 nitrogen and oxygen atoms in total. The van der Waals surface area contributed by atoms with Gasteiger partial charge in [0.25, 0.3) is 0 Å². The molecule has 0 atom stereocenters. The van der Waals surface area contributed by atoms with E-state index in [-0.39, 0.29) is 5.95 Å². The van der Waals surface area contributed by atoms with E-state index in [0.717, 1.165) is 22.2 Å². The molecule has 0 bridgehead atoms. The van der Waals surface area contributed by atoms with Crippen LogP contribution in [-0.4, -0.2) is 15.0 Å². The second-order valence-electron chi connectivity index (χ2n) is 3.79. The van der Waals surface area contributed by atoms with E-state index >= 15 is 0 Å². The fraction of sp³-hybridized carbons (Fsp3) is 0. The van der Waals surface area contributed by atoms with Crippen molar-refractivity contribution in [2.24, 2.45) is 0 Å². The minimum Gasteiger partial charge on any atom is -0.368 e. The summed E-state index contributed by atoms with van der Waals surface area (Å²) in [4.78, 5) is 11.2. The van der Waals surface area contributed by atoms with Crippen LogP contribution in [0.3, 0.4) is 0 Å². The fourth-order valence-electron chi connectivity index (χ4n) is 1.87. The summed E-state index contributed by atoms with van der Waals surface area (Å²) in [5.74, 6) is 0.238. The summed E-state index contributed by atoms with van der Waals surface area (Å²) in [7, 11) is 0. The lowest BCUT2D eigenvalue weighted by Gasteiger charge is -2.01. The van der Waals surface area contributed by atoms with Crippen LogP contribution in [0.15, 0.2) is 30.6 Å². The molecule has 0 aliphatic heterocycles. The number of hydrogen-bond acceptors (Lipinski definition) is 3. The molecule has 3 N–H and O–H groups in total. The molecule has 90 valence electrons. The molecule has 2 heterocycles. The molecule has 0 radical (unpaired) electrons. The SMILES string of the molecule is Nc1nccc(-c2c[nH]c3c(Cl)c(Cl)ccc23)n1. The van der Waals surface area contributed by atoms with Gasteiger partial charge in [0.15, 0.2) is 0 Å². The van der Waals surface area contributed by atoms with E-state index in [2.05, 4.69) is 15.0 Å². The first-order valence-electron chi connectivity index (χ1n) is 5.21. The van der Waals surface area contributed by atoms with Crippen LogP contribution in [0.4, 0.5) is 5.95 Å². The maximum absolute atomic E-state index is 6.14. The number of anilines is 1. The van der Waals surface area contributed by atoms with Gasteiger partial charge in [0.1, 0.15) is 0 Å². The van der Waals surface area contributed by atoms with Gasteiger partial charge in [0, 0.05) is 23.3 Å². The Morgan fingerprint density at radius 2 is 2.00 bits per heavy atom. The number of fused-ring (bicyclic) bond motifs is 1. The van der Waals surface area contributed by atoms with Crippen LogP contribution in [0, 0.1) is 0 Å². The minimum absolute atomic E-state index is 0.238. The maximum atomic E-state index is 6.14. The van der Waals surface area contributed by atoms with Crippen LogP contribution in [0.1, 0.15) is 0 Å². The molecule has 0 unspecified atom stereocenters. The van der Waals surface area contributed by atoms with Gasteiger partial charge in [-0.2, -0.15) is 0 Å². The molecule has 0 saturated heterocycles. The van der Waals surface area contributed by atoms with E-state index in [1.165, 1.54) is 0 Å². The van der Waals surface area contributed by atoms with Gasteiger partial charge in [0.2, 0.25) is 5.95 Å². The highest BCUT2D eigenvalue weighted by Crippen LogP contribution is 2.35. The van der Waals surface area contributed by atoms with E-state index in [4.69, 9.17) is 28.9 Å². The molecule has 0 spiro atoms. The van der Waals surface area contributed by atoms with Gasteiger partial charge in [-0.3, -0.25) is 0 Å². The van der Waals surface area contributed by atoms with Crippen molar-refractivity contribution in [3.63, 3.8) is 0 Å². The van der Waals surface area contributed by atoms with Crippen LogP contribution < -0.4 is 5.73 Å². The van der Waals surface area contributed by atoms with E-state index in [1.807, 2.05) is 12.3 Å². The summed E-state index contributed by atoms with van der Waals surface area (Å²) in [6.45, 7) is 0. The number of H-pyrrole nitrogens is 1. The lowest BCUT2D eigenvalue weighted by molar-refractivity contribution is 1.19. The number of nitrogens with zero attached hydrogens (tertiary/aromatic N) is 2. The van der Waals surface area contributed by atoms with Crippen LogP contribution >= 0.6 is 23.2 Å². The summed E-state index contributed by atoms with van der Waals surface area (Å²) >= 11 is 12.1. The van der Waals surface area contributed by atoms with Crippen molar-refractivity contribution in [2.75, 3.05) is 5.73 Å². The molecule has 0 aliphatic rings. The zero-order valence-electron chi connectivity index (χ0n) is 9.11. The number of aromatic amines is 1. The first-order chi connectivity index (χ1) is 8.66. The predicted molar refractivity (Wildman–Crippen MR) is 73.8 cm³/mol. The largest absolute Gasteiger partial charge is 0.368 e. The van der Waals surface area contributed by atoms with Crippen molar-refractivity contribution < 1.29 is 0 Å². The third-order valence-electron chi connectivity index (χ3n) is 2.70. The highest BCUT2D eigenvalue weighted by molar-refractivity contribution is 6.45. The van der Waals surface area contributed by atoms with Gasteiger partial charge in [-0.1, -0.05) is 29.3 Å². The molecule has 18 heavy (non-hydrogen) atoms. The normalized spacial score (nSPS) is 11.0. The predicted octanol–water partition coefficient (Wildman–Crippen LogP) is 3.51. The van der Waals surface area contributed by atoms with Gasteiger partial charge in [-0.15, -0.1) is 0 Å². The Morgan fingerprint density at radius 3 is 2.78 bits per heavy atom. The molecular formula is C12H8Cl2N4. The summed E-state index contributed by atoms with van der Waals surface area (Å²) in [5.41, 5.74) is 8.03. The lowest BCUT2D eigenvalue weighted by atomic mass is 10.1. The average Bonchev–Trinajstić information content (AvgIpc) is 2.78. The maximum Gasteiger partial charge on any atom is 0.220 e. The van der Waals surface area contributed by atoms with Gasteiger partial charge in [-0.25, -0.2) is 9.97 Å². The molecule has 3 aromatic rings. The third kappa shape index (κ3) is 1.70. The minimum atomic E-state index is 0.238. The van der Waals surface area contributed by atoms with Gasteiger partial charge >= 0.3 is 0 Å². The van der Waals surface area contributed by atoms with Crippen molar-refractivity contribution >= 4 is 40.1 Å². The van der Waals surface area contributed by atoms with Crippen molar-refractivity contribution in [2.45, 2.75) is 0 Å². The molecule has 0 fully saturated rings. The van der Waals surface area contributed by atoms with Crippen LogP contribution in [-0.2, 0) is 0 Å². The lowest BCUT2D eigenvalue weighted by Crippen LogP contribution is -1.94. The van der Waals surface area contributed by atoms with Crippen LogP contribution in [0.25, 0.3) is 22.2 Å². The van der Waals surface area contributed by atoms with Crippen LogP contribution in [0.2, 0.25) is 10.0 Å². The van der Waals surface area contributed by atoms with E-state index in [1.54, 1.807) is 18.3 Å². The monoisotopic (exact) mass is 278 g/mol. The van der Waals surface area contributed by atoms with Crippen LogP contribution in [0.5, 0.6) is 0 Å². The summed E-state index contributed by atoms with van der Waals surface area (Å²) in [6.07, 6.45) is 3.45. The third-order valence-corrected chi connectivity index (χ3v) is 3.50. The average molecular weight is 279 g/mol. The van der Waals surface area contributed by atoms with Gasteiger partial charge < -0.3 is 10.7 Å². The van der Waals surface area contributed by atoms with Crippen molar-refractivity contribution in [1.29, 1.82) is 0 Å².